The van der Waals surface area contributed by atoms with Gasteiger partial charge in [0.2, 0.25) is 11.8 Å². The Bertz CT molecular complexity index is 1280. The van der Waals surface area contributed by atoms with Gasteiger partial charge in [0.1, 0.15) is 12.1 Å². The average Bonchev–Trinajstić information content (AvgIpc) is 3.40. The average molecular weight is 525 g/mol. The number of aromatic amines is 1. The molecular weight excluding hydrogens is 504 g/mol. The van der Waals surface area contributed by atoms with E-state index in [9.17, 15) is 41.0 Å². The molecule has 0 aliphatic carbocycles. The molecule has 6 nitrogen and oxygen atoms in total. The number of β-amino-alcohol motifs (C(OH)–C–C–N with tert-alkyl or cyclic N) is 1. The van der Waals surface area contributed by atoms with Gasteiger partial charge in [-0.2, -0.15) is 26.3 Å². The van der Waals surface area contributed by atoms with Crippen molar-refractivity contribution in [3.8, 4) is 22.5 Å². The smallest absolute Gasteiger partial charge is 0.389 e. The van der Waals surface area contributed by atoms with Crippen molar-refractivity contribution in [1.82, 2.24) is 15.6 Å². The molecule has 1 aliphatic heterocycles. The molecule has 1 aromatic heterocycles. The highest BCUT2D eigenvalue weighted by molar-refractivity contribution is 5.90. The highest BCUT2D eigenvalue weighted by atomic mass is 19.4. The van der Waals surface area contributed by atoms with Gasteiger partial charge in [-0.15, -0.1) is 0 Å². The fraction of sp³-hybridized carbons (Fsp3) is 0.280. The van der Waals surface area contributed by atoms with E-state index in [1.165, 1.54) is 24.3 Å². The number of aryl methyl sites for hydroxylation is 1. The van der Waals surface area contributed by atoms with Gasteiger partial charge < -0.3 is 20.7 Å². The van der Waals surface area contributed by atoms with Crippen molar-refractivity contribution >= 4 is 11.8 Å². The van der Waals surface area contributed by atoms with Gasteiger partial charge in [0.05, 0.1) is 11.1 Å². The van der Waals surface area contributed by atoms with E-state index in [1.807, 2.05) is 0 Å². The normalized spacial score (nSPS) is 18.1. The van der Waals surface area contributed by atoms with Crippen LogP contribution in [-0.4, -0.2) is 40.6 Å². The molecule has 2 heterocycles. The third-order valence-electron chi connectivity index (χ3n) is 6.01. The number of benzene rings is 2. The molecule has 0 saturated carbocycles. The maximum Gasteiger partial charge on any atom is 0.416 e. The summed E-state index contributed by atoms with van der Waals surface area (Å²) in [4.78, 5) is 27.2. The highest BCUT2D eigenvalue weighted by Gasteiger charge is 2.34. The lowest BCUT2D eigenvalue weighted by molar-refractivity contribution is -0.138. The van der Waals surface area contributed by atoms with Gasteiger partial charge in [0, 0.05) is 24.4 Å². The monoisotopic (exact) mass is 525 g/mol. The van der Waals surface area contributed by atoms with Crippen molar-refractivity contribution in [1.29, 1.82) is 0 Å². The van der Waals surface area contributed by atoms with Crippen LogP contribution in [0.1, 0.15) is 23.1 Å². The largest absolute Gasteiger partial charge is 0.416 e. The van der Waals surface area contributed by atoms with Crippen LogP contribution in [0.25, 0.3) is 22.5 Å². The summed E-state index contributed by atoms with van der Waals surface area (Å²) in [7, 11) is 0. The SMILES string of the molecule is O=C(CCc1cc(-c2ccc(C(F)(F)F)cc2)[nH]c1-c1ccc(C(F)(F)F)cc1)N[C@@H]1C(=O)NC[C@H]1O. The maximum absolute atomic E-state index is 13.0. The zero-order valence-electron chi connectivity index (χ0n) is 19.0. The lowest BCUT2D eigenvalue weighted by Gasteiger charge is -2.13. The molecule has 1 fully saturated rings. The van der Waals surface area contributed by atoms with Gasteiger partial charge in [-0.25, -0.2) is 0 Å². The standard InChI is InChI=1S/C25H21F6N3O3/c26-24(27,28)16-6-1-13(2-7-16)18-11-15(5-10-20(36)34-22-19(35)12-32-23(22)37)21(33-18)14-3-8-17(9-4-14)25(29,30)31/h1-4,6-9,11,19,22,33,35H,5,10,12H2,(H,32,37)(H,34,36)/t19-,22+/m1/s1. The molecule has 1 saturated heterocycles. The highest BCUT2D eigenvalue weighted by Crippen LogP contribution is 2.35. The predicted molar refractivity (Wildman–Crippen MR) is 121 cm³/mol. The van der Waals surface area contributed by atoms with Crippen LogP contribution in [0.4, 0.5) is 26.3 Å². The second-order valence-electron chi connectivity index (χ2n) is 8.59. The fourth-order valence-electron chi connectivity index (χ4n) is 4.04. The van der Waals surface area contributed by atoms with Crippen LogP contribution >= 0.6 is 0 Å². The van der Waals surface area contributed by atoms with Gasteiger partial charge in [0.15, 0.2) is 0 Å². The van der Waals surface area contributed by atoms with E-state index in [0.29, 0.717) is 28.1 Å². The molecule has 37 heavy (non-hydrogen) atoms. The quantitative estimate of drug-likeness (QED) is 0.362. The summed E-state index contributed by atoms with van der Waals surface area (Å²) in [5.74, 6) is -1.05. The first-order valence-electron chi connectivity index (χ1n) is 11.2. The number of hydrogen-bond acceptors (Lipinski definition) is 3. The van der Waals surface area contributed by atoms with E-state index in [2.05, 4.69) is 15.6 Å². The minimum absolute atomic E-state index is 0.0101. The van der Waals surface area contributed by atoms with Crippen molar-refractivity contribution in [2.45, 2.75) is 37.3 Å². The van der Waals surface area contributed by atoms with E-state index in [0.717, 1.165) is 24.3 Å². The van der Waals surface area contributed by atoms with Crippen LogP contribution in [0.3, 0.4) is 0 Å². The lowest BCUT2D eigenvalue weighted by atomic mass is 10.0. The summed E-state index contributed by atoms with van der Waals surface area (Å²) in [5.41, 5.74) is 0.441. The zero-order valence-corrected chi connectivity index (χ0v) is 19.0. The fourth-order valence-corrected chi connectivity index (χ4v) is 4.04. The van der Waals surface area contributed by atoms with E-state index >= 15 is 0 Å². The molecule has 2 aromatic carbocycles. The summed E-state index contributed by atoms with van der Waals surface area (Å²) in [6, 6.07) is 9.22. The summed E-state index contributed by atoms with van der Waals surface area (Å²) < 4.78 is 77.8. The van der Waals surface area contributed by atoms with E-state index in [-0.39, 0.29) is 19.4 Å². The molecule has 12 heteroatoms. The molecular formula is C25H21F6N3O3. The van der Waals surface area contributed by atoms with E-state index < -0.39 is 47.4 Å². The van der Waals surface area contributed by atoms with Crippen LogP contribution in [0.5, 0.6) is 0 Å². The molecule has 1 aliphatic rings. The molecule has 0 unspecified atom stereocenters. The number of nitrogens with one attached hydrogen (secondary N) is 3. The first kappa shape index (κ1) is 26.3. The predicted octanol–water partition coefficient (Wildman–Crippen LogP) is 4.29. The number of hydrogen-bond donors (Lipinski definition) is 4. The molecule has 4 rings (SSSR count). The van der Waals surface area contributed by atoms with Crippen LogP contribution in [-0.2, 0) is 28.4 Å². The Labute approximate surface area is 206 Å². The number of halogens is 6. The van der Waals surface area contributed by atoms with Crippen LogP contribution in [0.2, 0.25) is 0 Å². The number of carbonyl (C=O) groups excluding carboxylic acids is 2. The Hall–Kier alpha value is -3.80. The summed E-state index contributed by atoms with van der Waals surface area (Å²) >= 11 is 0. The van der Waals surface area contributed by atoms with Gasteiger partial charge in [-0.05, 0) is 53.4 Å². The lowest BCUT2D eigenvalue weighted by Crippen LogP contribution is -2.45. The van der Waals surface area contributed by atoms with Crippen LogP contribution in [0, 0.1) is 0 Å². The van der Waals surface area contributed by atoms with Crippen molar-refractivity contribution in [3.05, 3.63) is 71.3 Å². The number of amides is 2. The Morgan fingerprint density at radius 1 is 0.919 bits per heavy atom. The number of carbonyl (C=O) groups is 2. The summed E-state index contributed by atoms with van der Waals surface area (Å²) in [5, 5.41) is 14.7. The maximum atomic E-state index is 13.0. The van der Waals surface area contributed by atoms with Gasteiger partial charge in [-0.3, -0.25) is 9.59 Å². The van der Waals surface area contributed by atoms with Crippen molar-refractivity contribution in [2.24, 2.45) is 0 Å². The summed E-state index contributed by atoms with van der Waals surface area (Å²) in [6.07, 6.45) is -10.1. The minimum atomic E-state index is -4.53. The van der Waals surface area contributed by atoms with Crippen LogP contribution < -0.4 is 10.6 Å². The zero-order chi connectivity index (χ0) is 27.0. The van der Waals surface area contributed by atoms with Crippen LogP contribution in [0.15, 0.2) is 54.6 Å². The second-order valence-corrected chi connectivity index (χ2v) is 8.59. The number of rotatable bonds is 6. The number of aliphatic hydroxyl groups is 1. The molecule has 2 amide bonds. The number of aromatic nitrogens is 1. The van der Waals surface area contributed by atoms with Gasteiger partial charge in [-0.1, -0.05) is 24.3 Å². The molecule has 0 spiro atoms. The molecule has 4 N–H and O–H groups in total. The van der Waals surface area contributed by atoms with Gasteiger partial charge in [0.25, 0.3) is 0 Å². The number of H-pyrrole nitrogens is 1. The van der Waals surface area contributed by atoms with E-state index in [4.69, 9.17) is 0 Å². The number of alkyl halides is 6. The molecule has 196 valence electrons. The molecule has 2 atom stereocenters. The summed E-state index contributed by atoms with van der Waals surface area (Å²) in [6.45, 7) is 0.0101. The van der Waals surface area contributed by atoms with Crippen molar-refractivity contribution in [2.75, 3.05) is 6.54 Å². The topological polar surface area (TPSA) is 94.2 Å². The Balaban J connectivity index is 1.61. The van der Waals surface area contributed by atoms with E-state index in [1.54, 1.807) is 6.07 Å². The third-order valence-corrected chi connectivity index (χ3v) is 6.01. The molecule has 0 radical (unpaired) electrons. The number of aliphatic hydroxyl groups excluding tert-OH is 1. The third kappa shape index (κ3) is 5.96. The minimum Gasteiger partial charge on any atom is -0.389 e. The van der Waals surface area contributed by atoms with Gasteiger partial charge >= 0.3 is 12.4 Å². The molecule has 3 aromatic rings. The molecule has 0 bridgehead atoms. The van der Waals surface area contributed by atoms with Crippen molar-refractivity contribution in [3.63, 3.8) is 0 Å². The van der Waals surface area contributed by atoms with Crippen molar-refractivity contribution < 1.29 is 41.0 Å². The second kappa shape index (κ2) is 9.92. The Morgan fingerprint density at radius 3 is 1.95 bits per heavy atom. The first-order valence-corrected chi connectivity index (χ1v) is 11.2. The Kier molecular flexibility index (Phi) is 7.05. The first-order chi connectivity index (χ1) is 17.3. The Morgan fingerprint density at radius 2 is 1.46 bits per heavy atom.